The van der Waals surface area contributed by atoms with Crippen LogP contribution in [-0.2, 0) is 14.3 Å². The summed E-state index contributed by atoms with van der Waals surface area (Å²) >= 11 is 0. The fourth-order valence-electron chi connectivity index (χ4n) is 1.91. The van der Waals surface area contributed by atoms with Crippen LogP contribution >= 0.6 is 0 Å². The van der Waals surface area contributed by atoms with E-state index in [0.29, 0.717) is 0 Å². The summed E-state index contributed by atoms with van der Waals surface area (Å²) in [5, 5.41) is 31.4. The van der Waals surface area contributed by atoms with Crippen molar-refractivity contribution in [1.29, 1.82) is 0 Å². The molecule has 1 fully saturated rings. The highest BCUT2D eigenvalue weighted by Crippen LogP contribution is 2.23. The Hall–Kier alpha value is -0.730. The first-order valence-corrected chi connectivity index (χ1v) is 6.45. The van der Waals surface area contributed by atoms with Crippen molar-refractivity contribution in [3.63, 3.8) is 0 Å². The highest BCUT2D eigenvalue weighted by atomic mass is 16.7. The molecule has 1 heterocycles. The number of amides is 1. The molecular formula is C12H23NO6. The third-order valence-corrected chi connectivity index (χ3v) is 3.19. The number of rotatable bonds is 5. The van der Waals surface area contributed by atoms with Crippen LogP contribution in [0.3, 0.4) is 0 Å². The Morgan fingerprint density at radius 2 is 2.05 bits per heavy atom. The molecule has 0 aromatic heterocycles. The molecule has 19 heavy (non-hydrogen) atoms. The Bertz CT molecular complexity index is 300. The molecule has 0 aromatic rings. The number of carbonyl (C=O) groups excluding carboxylic acids is 1. The van der Waals surface area contributed by atoms with E-state index in [1.54, 1.807) is 0 Å². The maximum Gasteiger partial charge on any atom is 0.217 e. The number of carbonyl (C=O) groups is 1. The van der Waals surface area contributed by atoms with Crippen molar-refractivity contribution in [3.05, 3.63) is 0 Å². The van der Waals surface area contributed by atoms with Gasteiger partial charge in [0.1, 0.15) is 24.4 Å². The highest BCUT2D eigenvalue weighted by Gasteiger charge is 2.45. The van der Waals surface area contributed by atoms with Gasteiger partial charge in [0.15, 0.2) is 6.29 Å². The fourth-order valence-corrected chi connectivity index (χ4v) is 1.91. The van der Waals surface area contributed by atoms with Gasteiger partial charge in [-0.25, -0.2) is 0 Å². The van der Waals surface area contributed by atoms with Gasteiger partial charge >= 0.3 is 0 Å². The number of hydrogen-bond acceptors (Lipinski definition) is 6. The van der Waals surface area contributed by atoms with E-state index in [1.165, 1.54) is 6.92 Å². The van der Waals surface area contributed by atoms with Crippen LogP contribution < -0.4 is 5.32 Å². The summed E-state index contributed by atoms with van der Waals surface area (Å²) in [7, 11) is 0. The molecule has 1 saturated heterocycles. The molecule has 112 valence electrons. The third kappa shape index (κ3) is 4.12. The van der Waals surface area contributed by atoms with Crippen molar-refractivity contribution in [1.82, 2.24) is 5.32 Å². The van der Waals surface area contributed by atoms with Gasteiger partial charge in [0, 0.05) is 6.92 Å². The summed E-state index contributed by atoms with van der Waals surface area (Å²) in [4.78, 5) is 11.2. The number of ether oxygens (including phenoxy) is 2. The van der Waals surface area contributed by atoms with Gasteiger partial charge in [-0.3, -0.25) is 4.79 Å². The van der Waals surface area contributed by atoms with Crippen LogP contribution in [-0.4, -0.2) is 64.6 Å². The lowest BCUT2D eigenvalue weighted by Gasteiger charge is -2.42. The Morgan fingerprint density at radius 3 is 2.53 bits per heavy atom. The molecule has 7 nitrogen and oxygen atoms in total. The second kappa shape index (κ2) is 7.16. The summed E-state index contributed by atoms with van der Waals surface area (Å²) in [6.45, 7) is 4.62. The van der Waals surface area contributed by atoms with Crippen LogP contribution in [0.2, 0.25) is 0 Å². The van der Waals surface area contributed by atoms with Crippen LogP contribution in [0.25, 0.3) is 0 Å². The van der Waals surface area contributed by atoms with E-state index in [9.17, 15) is 15.0 Å². The van der Waals surface area contributed by atoms with E-state index >= 15 is 0 Å². The number of nitrogens with one attached hydrogen (secondary N) is 1. The second-order valence-electron chi connectivity index (χ2n) is 4.79. The standard InChI is InChI=1S/C12H23NO6/c1-4-6(2)18-12-9(13-7(3)15)11(17)10(16)8(5-14)19-12/h6,8-12,14,16-17H,4-5H2,1-3H3,(H,13,15)/t6-,8-,9-,10-,11-,12-/m0/s1. The zero-order chi connectivity index (χ0) is 14.6. The van der Waals surface area contributed by atoms with Crippen molar-refractivity contribution < 1.29 is 29.6 Å². The van der Waals surface area contributed by atoms with E-state index in [-0.39, 0.29) is 12.0 Å². The molecular weight excluding hydrogens is 254 g/mol. The molecule has 0 radical (unpaired) electrons. The number of hydrogen-bond donors (Lipinski definition) is 4. The minimum atomic E-state index is -1.28. The quantitative estimate of drug-likeness (QED) is 0.500. The minimum absolute atomic E-state index is 0.136. The van der Waals surface area contributed by atoms with Crippen molar-refractivity contribution in [3.8, 4) is 0 Å². The van der Waals surface area contributed by atoms with Crippen molar-refractivity contribution in [2.24, 2.45) is 0 Å². The molecule has 0 spiro atoms. The lowest BCUT2D eigenvalue weighted by Crippen LogP contribution is -2.64. The Balaban J connectivity index is 2.83. The largest absolute Gasteiger partial charge is 0.394 e. The van der Waals surface area contributed by atoms with Crippen LogP contribution in [0.5, 0.6) is 0 Å². The monoisotopic (exact) mass is 277 g/mol. The normalized spacial score (nSPS) is 36.8. The molecule has 0 aromatic carbocycles. The topological polar surface area (TPSA) is 108 Å². The lowest BCUT2D eigenvalue weighted by atomic mass is 9.97. The Morgan fingerprint density at radius 1 is 1.42 bits per heavy atom. The Kier molecular flexibility index (Phi) is 6.15. The SMILES string of the molecule is CC[C@H](C)O[C@H]1O[C@@H](CO)[C@H](O)[C@@H](O)[C@@H]1NC(C)=O. The molecule has 1 aliphatic rings. The smallest absolute Gasteiger partial charge is 0.217 e. The van der Waals surface area contributed by atoms with Crippen LogP contribution in [0, 0.1) is 0 Å². The van der Waals surface area contributed by atoms with Gasteiger partial charge < -0.3 is 30.1 Å². The lowest BCUT2D eigenvalue weighted by molar-refractivity contribution is -0.280. The average molecular weight is 277 g/mol. The van der Waals surface area contributed by atoms with Crippen molar-refractivity contribution in [2.75, 3.05) is 6.61 Å². The first kappa shape index (κ1) is 16.3. The maximum atomic E-state index is 11.2. The van der Waals surface area contributed by atoms with E-state index in [2.05, 4.69) is 5.32 Å². The fraction of sp³-hybridized carbons (Fsp3) is 0.917. The van der Waals surface area contributed by atoms with Gasteiger partial charge in [-0.05, 0) is 13.3 Å². The van der Waals surface area contributed by atoms with E-state index in [1.807, 2.05) is 13.8 Å². The van der Waals surface area contributed by atoms with Gasteiger partial charge in [0.25, 0.3) is 0 Å². The third-order valence-electron chi connectivity index (χ3n) is 3.19. The minimum Gasteiger partial charge on any atom is -0.394 e. The molecule has 0 aliphatic carbocycles. The van der Waals surface area contributed by atoms with E-state index in [0.717, 1.165) is 6.42 Å². The van der Waals surface area contributed by atoms with Crippen LogP contribution in [0.15, 0.2) is 0 Å². The van der Waals surface area contributed by atoms with Crippen molar-refractivity contribution in [2.45, 2.75) is 63.9 Å². The molecule has 1 aliphatic heterocycles. The van der Waals surface area contributed by atoms with Crippen molar-refractivity contribution >= 4 is 5.91 Å². The van der Waals surface area contributed by atoms with Crippen LogP contribution in [0.4, 0.5) is 0 Å². The van der Waals surface area contributed by atoms with E-state index in [4.69, 9.17) is 14.6 Å². The Labute approximate surface area is 112 Å². The van der Waals surface area contributed by atoms with Gasteiger partial charge in [-0.15, -0.1) is 0 Å². The predicted octanol–water partition coefficient (Wildman–Crippen LogP) is -1.25. The first-order chi connectivity index (χ1) is 8.90. The molecule has 6 atom stereocenters. The molecule has 0 unspecified atom stereocenters. The van der Waals surface area contributed by atoms with E-state index < -0.39 is 37.3 Å². The number of aliphatic hydroxyl groups excluding tert-OH is 3. The summed E-state index contributed by atoms with van der Waals surface area (Å²) in [5.74, 6) is -0.361. The maximum absolute atomic E-state index is 11.2. The molecule has 4 N–H and O–H groups in total. The van der Waals surface area contributed by atoms with Gasteiger partial charge in [-0.1, -0.05) is 6.92 Å². The molecule has 7 heteroatoms. The molecule has 1 rings (SSSR count). The van der Waals surface area contributed by atoms with Gasteiger partial charge in [0.05, 0.1) is 12.7 Å². The molecule has 0 saturated carbocycles. The molecule has 1 amide bonds. The predicted molar refractivity (Wildman–Crippen MR) is 66.2 cm³/mol. The second-order valence-corrected chi connectivity index (χ2v) is 4.79. The summed E-state index contributed by atoms with van der Waals surface area (Å²) in [5.41, 5.74) is 0. The first-order valence-electron chi connectivity index (χ1n) is 6.45. The highest BCUT2D eigenvalue weighted by molar-refractivity contribution is 5.73. The molecule has 0 bridgehead atoms. The zero-order valence-electron chi connectivity index (χ0n) is 11.4. The van der Waals surface area contributed by atoms with Gasteiger partial charge in [0.2, 0.25) is 5.91 Å². The zero-order valence-corrected chi connectivity index (χ0v) is 11.4. The number of aliphatic hydroxyl groups is 3. The summed E-state index contributed by atoms with van der Waals surface area (Å²) in [6.07, 6.45) is -3.79. The van der Waals surface area contributed by atoms with Crippen LogP contribution in [0.1, 0.15) is 27.2 Å². The van der Waals surface area contributed by atoms with Gasteiger partial charge in [-0.2, -0.15) is 0 Å². The average Bonchev–Trinajstić information content (AvgIpc) is 2.37. The summed E-state index contributed by atoms with van der Waals surface area (Å²) in [6, 6.07) is -0.871. The summed E-state index contributed by atoms with van der Waals surface area (Å²) < 4.78 is 11.0.